The largest absolute Gasteiger partial charge is 0.743 e. The Morgan fingerprint density at radius 3 is 1.13 bits per heavy atom. The van der Waals surface area contributed by atoms with Crippen LogP contribution in [0.2, 0.25) is 0 Å². The lowest BCUT2D eigenvalue weighted by Gasteiger charge is -2.39. The fourth-order valence-corrected chi connectivity index (χ4v) is 2.67. The highest BCUT2D eigenvalue weighted by Gasteiger charge is 2.89. The van der Waals surface area contributed by atoms with Crippen LogP contribution in [0.25, 0.3) is 0 Å². The van der Waals surface area contributed by atoms with Crippen LogP contribution in [0.4, 0.5) is 52.7 Å². The molecule has 0 rings (SSSR count). The summed E-state index contributed by atoms with van der Waals surface area (Å²) in [7, 11) is -7.75. The van der Waals surface area contributed by atoms with Gasteiger partial charge in [0.15, 0.2) is 10.1 Å². The zero-order chi connectivity index (χ0) is 25.9. The second-order valence-electron chi connectivity index (χ2n) is 6.22. The van der Waals surface area contributed by atoms with Crippen molar-refractivity contribution in [1.82, 2.24) is 0 Å². The molecule has 31 heavy (non-hydrogen) atoms. The fourth-order valence-electron chi connectivity index (χ4n) is 2.22. The van der Waals surface area contributed by atoms with Crippen molar-refractivity contribution in [2.45, 2.75) is 63.1 Å². The summed E-state index contributed by atoms with van der Waals surface area (Å²) in [5.41, 5.74) is 0. The van der Waals surface area contributed by atoms with E-state index in [-0.39, 0.29) is 0 Å². The Kier molecular flexibility index (Phi) is 10.3. The van der Waals surface area contributed by atoms with Crippen molar-refractivity contribution in [3.63, 3.8) is 0 Å². The van der Waals surface area contributed by atoms with Gasteiger partial charge in [-0.3, -0.25) is 0 Å². The third kappa shape index (κ3) is 5.51. The van der Waals surface area contributed by atoms with E-state index in [2.05, 4.69) is 27.7 Å². The van der Waals surface area contributed by atoms with Gasteiger partial charge < -0.3 is 9.04 Å². The number of alkyl halides is 12. The maximum Gasteiger partial charge on any atom is 0.402 e. The number of quaternary nitrogens is 1. The first-order valence-electron chi connectivity index (χ1n) is 8.41. The molecule has 0 unspecified atom stereocenters. The van der Waals surface area contributed by atoms with Gasteiger partial charge in [0.2, 0.25) is 0 Å². The number of nitrogens with zero attached hydrogens (tertiary/aromatic N) is 1. The molecule has 190 valence electrons. The zero-order valence-corrected chi connectivity index (χ0v) is 17.3. The average Bonchev–Trinajstić information content (AvgIpc) is 2.63. The molecule has 0 fully saturated rings. The lowest BCUT2D eigenvalue weighted by Crippen LogP contribution is -2.69. The highest BCUT2D eigenvalue weighted by atomic mass is 32.2. The summed E-state index contributed by atoms with van der Waals surface area (Å²) < 4.78 is 179. The second kappa shape index (κ2) is 9.89. The van der Waals surface area contributed by atoms with Gasteiger partial charge in [-0.15, -0.1) is 0 Å². The Labute approximate surface area is 170 Å². The standard InChI is InChI=1S/C8H20N.C6H2F12O3S/c1-5-9(6-2,7-3)8-4;7-1(8)2(9,10)3(11,12)4(13,14)5(15,16)6(17,18)22(19,20)21/h5-8H2,1-4H3;1H,(H,19,20,21)/q+1;/p-1. The number of hydrogen-bond acceptors (Lipinski definition) is 3. The minimum absolute atomic E-state index is 1.28. The molecule has 17 heteroatoms. The van der Waals surface area contributed by atoms with E-state index in [0.29, 0.717) is 0 Å². The van der Waals surface area contributed by atoms with Gasteiger partial charge in [0, 0.05) is 0 Å². The summed E-state index contributed by atoms with van der Waals surface area (Å²) >= 11 is 0. The molecule has 4 nitrogen and oxygen atoms in total. The quantitative estimate of drug-likeness (QED) is 0.240. The van der Waals surface area contributed by atoms with E-state index in [1.165, 1.54) is 30.7 Å². The SMILES string of the molecule is CC[N+](CC)(CC)CC.O=S(=O)([O-])C(F)(F)C(F)(F)C(F)(F)C(F)(F)C(F)(F)C(F)F. The van der Waals surface area contributed by atoms with Crippen LogP contribution >= 0.6 is 0 Å². The number of halogens is 12. The van der Waals surface area contributed by atoms with Crippen LogP contribution in [0.3, 0.4) is 0 Å². The Morgan fingerprint density at radius 1 is 0.677 bits per heavy atom. The fraction of sp³-hybridized carbons (Fsp3) is 1.00. The molecule has 0 N–H and O–H groups in total. The normalized spacial score (nSPS) is 15.0. The van der Waals surface area contributed by atoms with Gasteiger partial charge in [0.05, 0.1) is 26.2 Å². The van der Waals surface area contributed by atoms with Crippen molar-refractivity contribution in [2.75, 3.05) is 26.2 Å². The van der Waals surface area contributed by atoms with Gasteiger partial charge in [-0.25, -0.2) is 17.2 Å². The van der Waals surface area contributed by atoms with Crippen molar-refractivity contribution in [1.29, 1.82) is 0 Å². The molecule has 0 atom stereocenters. The van der Waals surface area contributed by atoms with Crippen LogP contribution in [0.1, 0.15) is 27.7 Å². The molecule has 0 aromatic heterocycles. The summed E-state index contributed by atoms with van der Waals surface area (Å²) in [5.74, 6) is -31.0. The van der Waals surface area contributed by atoms with Crippen molar-refractivity contribution in [3.05, 3.63) is 0 Å². The molecule has 0 aromatic rings. The van der Waals surface area contributed by atoms with E-state index in [4.69, 9.17) is 0 Å². The average molecular weight is 511 g/mol. The van der Waals surface area contributed by atoms with Gasteiger partial charge in [-0.05, 0) is 27.7 Å². The molecule has 0 saturated heterocycles. The molecule has 0 radical (unpaired) electrons. The van der Waals surface area contributed by atoms with E-state index >= 15 is 0 Å². The zero-order valence-electron chi connectivity index (χ0n) is 16.5. The minimum Gasteiger partial charge on any atom is -0.743 e. The molecule has 0 amide bonds. The van der Waals surface area contributed by atoms with E-state index in [1.807, 2.05) is 0 Å². The van der Waals surface area contributed by atoms with Crippen molar-refractivity contribution < 1.29 is 70.1 Å². The molecule has 0 saturated carbocycles. The molecule has 0 heterocycles. The molecular formula is C14H21F12NO3S. The molecule has 0 aromatic carbocycles. The monoisotopic (exact) mass is 511 g/mol. The van der Waals surface area contributed by atoms with Gasteiger partial charge in [-0.2, -0.15) is 43.9 Å². The van der Waals surface area contributed by atoms with Crippen LogP contribution in [0.5, 0.6) is 0 Å². The summed E-state index contributed by atoms with van der Waals surface area (Å²) in [6.45, 7) is 14.2. The predicted octanol–water partition coefficient (Wildman–Crippen LogP) is 4.81. The van der Waals surface area contributed by atoms with Crippen LogP contribution in [-0.2, 0) is 10.1 Å². The van der Waals surface area contributed by atoms with Crippen molar-refractivity contribution in [2.24, 2.45) is 0 Å². The molecule has 0 spiro atoms. The van der Waals surface area contributed by atoms with Gasteiger partial charge >= 0.3 is 35.4 Å². The first-order chi connectivity index (χ1) is 13.4. The highest BCUT2D eigenvalue weighted by Crippen LogP contribution is 2.58. The van der Waals surface area contributed by atoms with Gasteiger partial charge in [-0.1, -0.05) is 0 Å². The van der Waals surface area contributed by atoms with E-state index < -0.39 is 45.5 Å². The summed E-state index contributed by atoms with van der Waals surface area (Å²) in [6.07, 6.45) is -5.71. The summed E-state index contributed by atoms with van der Waals surface area (Å²) in [5, 5.41) is -7.49. The number of rotatable bonds is 10. The predicted molar refractivity (Wildman–Crippen MR) is 82.9 cm³/mol. The Balaban J connectivity index is 0. The molecular weight excluding hydrogens is 490 g/mol. The maximum atomic E-state index is 12.7. The minimum atomic E-state index is -8.03. The van der Waals surface area contributed by atoms with Crippen LogP contribution in [0.15, 0.2) is 0 Å². The highest BCUT2D eigenvalue weighted by molar-refractivity contribution is 7.86. The Hall–Kier alpha value is -0.970. The molecule has 0 aliphatic carbocycles. The van der Waals surface area contributed by atoms with Gasteiger partial charge in [0.1, 0.15) is 0 Å². The van der Waals surface area contributed by atoms with E-state index in [9.17, 15) is 65.7 Å². The second-order valence-corrected chi connectivity index (χ2v) is 7.65. The van der Waals surface area contributed by atoms with Crippen LogP contribution in [-0.4, -0.2) is 79.0 Å². The van der Waals surface area contributed by atoms with Crippen molar-refractivity contribution in [3.8, 4) is 0 Å². The first-order valence-corrected chi connectivity index (χ1v) is 9.82. The number of hydrogen-bond donors (Lipinski definition) is 0. The molecule has 0 bridgehead atoms. The van der Waals surface area contributed by atoms with Gasteiger partial charge in [0.25, 0.3) is 0 Å². The van der Waals surface area contributed by atoms with E-state index in [1.54, 1.807) is 0 Å². The topological polar surface area (TPSA) is 57.2 Å². The molecule has 0 aliphatic rings. The Morgan fingerprint density at radius 2 is 0.968 bits per heavy atom. The Bertz CT molecular complexity index is 661. The first kappa shape index (κ1) is 32.2. The smallest absolute Gasteiger partial charge is 0.402 e. The summed E-state index contributed by atoms with van der Waals surface area (Å²) in [4.78, 5) is 0. The van der Waals surface area contributed by atoms with Crippen molar-refractivity contribution >= 4 is 10.1 Å². The summed E-state index contributed by atoms with van der Waals surface area (Å²) in [6, 6.07) is 0. The molecule has 0 aliphatic heterocycles. The van der Waals surface area contributed by atoms with Crippen LogP contribution in [0, 0.1) is 0 Å². The van der Waals surface area contributed by atoms with E-state index in [0.717, 1.165) is 0 Å². The lowest BCUT2D eigenvalue weighted by atomic mass is 9.99. The lowest BCUT2D eigenvalue weighted by molar-refractivity contribution is -0.921. The third-order valence-electron chi connectivity index (χ3n) is 4.84. The third-order valence-corrected chi connectivity index (χ3v) is 5.73. The van der Waals surface area contributed by atoms with Crippen LogP contribution < -0.4 is 0 Å². The maximum absolute atomic E-state index is 12.7.